The first-order valence-corrected chi connectivity index (χ1v) is 41.8. The molecule has 0 saturated carbocycles. The van der Waals surface area contributed by atoms with Crippen LogP contribution in [0.5, 0.6) is 5.75 Å². The maximum absolute atomic E-state index is 11.9. The molecule has 0 atom stereocenters. The Bertz CT molecular complexity index is 4280. The van der Waals surface area contributed by atoms with E-state index in [4.69, 9.17) is 25.4 Å². The zero-order valence-corrected chi connectivity index (χ0v) is 82.3. The molecule has 1 aliphatic heterocycles. The molecule has 720 valence electrons. The molecule has 0 aromatic heterocycles. The van der Waals surface area contributed by atoms with Crippen molar-refractivity contribution in [1.82, 2.24) is 36.8 Å². The molecule has 1 heterocycles. The van der Waals surface area contributed by atoms with Gasteiger partial charge in [-0.05, 0) is 197 Å². The van der Waals surface area contributed by atoms with Crippen LogP contribution in [0.25, 0.3) is 0 Å². The summed E-state index contributed by atoms with van der Waals surface area (Å²) in [4.78, 5) is 154. The number of unbranched alkanes of at least 4 members (excludes halogenated alkanes) is 3. The second-order valence-electron chi connectivity index (χ2n) is 29.3. The SMILES string of the molecule is C=C(C)C(=O)N(C)c1ccccc1.C=C(C)C(N)=O.C=CC(=O)N(c1ccccc1)c1ccccc1.C=CC(=O)N1CCOC1=O.C=CC(=O)NC(C)(C)CC(C)=O.C=CC(=O)NC(C)(C)CS(=O)(=O)[O-].C=CC(=O)NCCCCCC(=O)O.C=CC(=O)NCCC[N+](C)(C)C.C=CC(=O)NCOC(C)C.C=CC(=O)NCOCCCC.C=CC(=O)Nc1ccc(O)cc1.[Cl-].[Na+]. The van der Waals surface area contributed by atoms with Crippen LogP contribution in [0.15, 0.2) is 253 Å². The Kier molecular flexibility index (Phi) is 81.7. The molecule has 4 aromatic carbocycles. The van der Waals surface area contributed by atoms with Crippen molar-refractivity contribution in [3.63, 3.8) is 0 Å². The summed E-state index contributed by atoms with van der Waals surface area (Å²) in [6, 6.07) is 34.8. The number of quaternary nitrogens is 1. The molecule has 0 aliphatic carbocycles. The standard InChI is InChI=1S/C15H13NO.C11H13NO.C9H18N2O.C9H15NO3.C9H9NO2.C9H15NO2.C8H15NO2.C7H13NO4S.C7H13NO2.C6H7NO3.C4H7NO.ClH.Na/c1-2-15(17)16(13-9-5-3-6-10-13)14-11-7-4-8-12-14;1-9(2)11(13)12(3)10-7-5-4-6-8-10;1-5-9(12)10-7-6-8-11(2,3)4;1-2-8(11)10-7-5-3-4-6-9(12)13;1-2-9(12)10-7-3-5-8(11)6-4-7;1-5-8(12)10-9(3,4)6-7(2)11;1-3-5-6-11-7-9-8(10)4-2;1-4-6(9)8-7(2,3)5-13(10,11)12;1-4-7(9)8-5-10-6(2)3;1-2-5(8)7-3-4-10-6(7)9;1-3(2)4(5)6;;/h2-12H,1H2;4-8H,1H2,2-3H3;5H,1,6-8H2,2-4H3;2H,1,3-7H2,(H,10,11)(H,12,13);2-6,11H,1H2,(H,10,12);5H,1,6H2,2-4H3,(H,10,12);4H,2-3,5-7H2,1H3,(H,9,10);4H,1,5H2,2-3H3,(H,8,9)(H,10,11,12);4,6H,1,5H2,2-3H3,(H,8,9);2H,1,3-4H2;1H2,2H3,(H2,5,6);1H;/q;;;;;;;;;;;;+1/p-1. The molecule has 1 fully saturated rings. The van der Waals surface area contributed by atoms with E-state index in [0.717, 1.165) is 83.8 Å². The van der Waals surface area contributed by atoms with Crippen LogP contribution in [0.3, 0.4) is 0 Å². The molecule has 0 spiro atoms. The molecule has 4 aromatic rings. The predicted octanol–water partition coefficient (Wildman–Crippen LogP) is 5.20. The van der Waals surface area contributed by atoms with Crippen molar-refractivity contribution in [2.45, 2.75) is 138 Å². The number of nitrogens with two attached hydrogens (primary N) is 1. The number of likely N-dealkylation sites (N-methyl/N-ethyl adjacent to an activating group) is 1. The molecule has 37 heteroatoms. The largest absolute Gasteiger partial charge is 1.00 e. The van der Waals surface area contributed by atoms with E-state index in [1.54, 1.807) is 56.7 Å². The normalized spacial score (nSPS) is 10.2. The second kappa shape index (κ2) is 79.8. The number of carboxylic acid groups (broad SMARTS) is 1. The van der Waals surface area contributed by atoms with Crippen LogP contribution in [0.2, 0.25) is 0 Å². The number of hydrogen-bond donors (Lipinski definition) is 10. The van der Waals surface area contributed by atoms with Crippen LogP contribution >= 0.6 is 0 Å². The average Bonchev–Trinajstić information content (AvgIpc) is 1.43. The number of phenolic OH excluding ortho intramolecular Hbond substituents is 1. The summed E-state index contributed by atoms with van der Waals surface area (Å²) in [5.41, 5.74) is 7.30. The number of cyclic esters (lactones) is 1. The van der Waals surface area contributed by atoms with Crippen molar-refractivity contribution in [3.8, 4) is 5.75 Å². The van der Waals surface area contributed by atoms with Crippen LogP contribution in [0.4, 0.5) is 27.5 Å². The zero-order valence-electron chi connectivity index (χ0n) is 78.8. The van der Waals surface area contributed by atoms with Gasteiger partial charge in [-0.2, -0.15) is 0 Å². The number of Topliss-reactive ketones (excluding diaryl/α,β-unsaturated/α-hetero) is 1. The number of benzene rings is 4. The van der Waals surface area contributed by atoms with Gasteiger partial charge < -0.3 is 93.7 Å². The number of para-hydroxylation sites is 3. The fourth-order valence-electron chi connectivity index (χ4n) is 8.62. The molecule has 12 amide bonds. The minimum atomic E-state index is -4.33. The number of nitrogens with zero attached hydrogens (tertiary/aromatic N) is 4. The molecule has 131 heavy (non-hydrogen) atoms. The third-order valence-electron chi connectivity index (χ3n) is 14.8. The maximum atomic E-state index is 11.9. The summed E-state index contributed by atoms with van der Waals surface area (Å²) in [5, 5.41) is 35.1. The van der Waals surface area contributed by atoms with E-state index in [0.29, 0.717) is 56.0 Å². The van der Waals surface area contributed by atoms with Gasteiger partial charge in [0.05, 0.1) is 56.2 Å². The van der Waals surface area contributed by atoms with Crippen molar-refractivity contribution in [1.29, 1.82) is 0 Å². The molecule has 0 radical (unpaired) electrons. The molecule has 0 bridgehead atoms. The number of carbonyl (C=O) groups excluding carboxylic acids is 13. The van der Waals surface area contributed by atoms with Gasteiger partial charge >= 0.3 is 41.6 Å². The maximum Gasteiger partial charge on any atom is 1.00 e. The van der Waals surface area contributed by atoms with Crippen LogP contribution in [0, 0.1) is 0 Å². The van der Waals surface area contributed by atoms with Gasteiger partial charge in [-0.15, -0.1) is 0 Å². The number of nitrogens with one attached hydrogen (secondary N) is 7. The third kappa shape index (κ3) is 84.3. The second-order valence-corrected chi connectivity index (χ2v) is 30.7. The monoisotopic (exact) mass is 1880 g/mol. The number of aliphatic carboxylic acids is 1. The Balaban J connectivity index is -0.000000213. The van der Waals surface area contributed by atoms with Gasteiger partial charge in [0.1, 0.15) is 31.6 Å². The molecule has 11 N–H and O–H groups in total. The zero-order chi connectivity index (χ0) is 100. The number of primary amides is 1. The predicted molar refractivity (Wildman–Crippen MR) is 507 cm³/mol. The quantitative estimate of drug-likeness (QED) is 0.00522. The fourth-order valence-corrected chi connectivity index (χ4v) is 9.58. The number of carboxylic acids is 1. The van der Waals surface area contributed by atoms with E-state index in [1.165, 1.54) is 75.4 Å². The summed E-state index contributed by atoms with van der Waals surface area (Å²) in [7, 11) is 3.81. The minimum absolute atomic E-state index is 0. The average molecular weight is 1880 g/mol. The number of ether oxygens (including phenoxy) is 3. The van der Waals surface area contributed by atoms with E-state index in [2.05, 4.69) is 142 Å². The Morgan fingerprint density at radius 2 is 1.00 bits per heavy atom. The molecule has 1 aliphatic rings. The summed E-state index contributed by atoms with van der Waals surface area (Å²) >= 11 is 0. The van der Waals surface area contributed by atoms with Crippen molar-refractivity contribution in [2.75, 3.05) is 102 Å². The van der Waals surface area contributed by atoms with Gasteiger partial charge in [-0.1, -0.05) is 147 Å². The van der Waals surface area contributed by atoms with Crippen LogP contribution in [-0.4, -0.2) is 219 Å². The number of anilines is 4. The van der Waals surface area contributed by atoms with Crippen molar-refractivity contribution < 1.29 is 151 Å². The number of phenols is 1. The molecular weight excluding hydrogens is 1740 g/mol. The summed E-state index contributed by atoms with van der Waals surface area (Å²) in [6.45, 7) is 58.2. The number of carbonyl (C=O) groups is 14. The third-order valence-corrected chi connectivity index (χ3v) is 15.8. The van der Waals surface area contributed by atoms with E-state index in [1.807, 2.05) is 105 Å². The first kappa shape index (κ1) is 134. The van der Waals surface area contributed by atoms with Crippen LogP contribution in [0.1, 0.15) is 121 Å². The molecule has 0 unspecified atom stereocenters. The smallest absolute Gasteiger partial charge is 1.00 e. The van der Waals surface area contributed by atoms with Gasteiger partial charge in [-0.25, -0.2) is 18.1 Å². The summed E-state index contributed by atoms with van der Waals surface area (Å²) < 4.78 is 46.7. The Hall–Kier alpha value is -12.3. The van der Waals surface area contributed by atoms with Crippen molar-refractivity contribution in [2.24, 2.45) is 5.73 Å². The number of imide groups is 1. The van der Waals surface area contributed by atoms with E-state index in [9.17, 15) is 80.1 Å². The molecule has 34 nitrogen and oxygen atoms in total. The molecular formula is C94H138ClN12NaO22S. The van der Waals surface area contributed by atoms with Crippen LogP contribution < -0.4 is 94.7 Å². The van der Waals surface area contributed by atoms with Crippen molar-refractivity contribution >= 4 is 116 Å². The molecule has 5 rings (SSSR count). The first-order chi connectivity index (χ1) is 60.2. The van der Waals surface area contributed by atoms with E-state index in [-0.39, 0.29) is 127 Å². The number of aromatic hydroxyl groups is 1. The van der Waals surface area contributed by atoms with Gasteiger partial charge in [0, 0.05) is 91.0 Å². The Morgan fingerprint density at radius 3 is 1.35 bits per heavy atom. The van der Waals surface area contributed by atoms with Gasteiger partial charge in [0.15, 0.2) is 0 Å². The topological polar surface area (TPSA) is 484 Å². The van der Waals surface area contributed by atoms with Gasteiger partial charge in [0.2, 0.25) is 47.3 Å². The fraction of sp³-hybridized carbons (Fsp3) is 0.362. The van der Waals surface area contributed by atoms with E-state index >= 15 is 0 Å². The number of rotatable bonds is 39. The number of ketones is 1. The Labute approximate surface area is 802 Å². The Morgan fingerprint density at radius 1 is 0.588 bits per heavy atom. The van der Waals surface area contributed by atoms with Gasteiger partial charge in [0.25, 0.3) is 17.7 Å². The minimum Gasteiger partial charge on any atom is -1.00 e. The molecule has 1 saturated heterocycles. The number of halogens is 1. The number of hydrogen-bond acceptors (Lipinski definition) is 21. The number of amides is 12. The van der Waals surface area contributed by atoms with E-state index < -0.39 is 56.7 Å². The first-order valence-electron chi connectivity index (χ1n) is 40.2. The van der Waals surface area contributed by atoms with Crippen LogP contribution in [-0.2, 0) is 86.7 Å². The van der Waals surface area contributed by atoms with Gasteiger partial charge in [-0.3, -0.25) is 67.2 Å². The summed E-state index contributed by atoms with van der Waals surface area (Å²) in [6.07, 6.45) is 16.3. The van der Waals surface area contributed by atoms with Crippen molar-refractivity contribution in [3.05, 3.63) is 253 Å². The summed E-state index contributed by atoms with van der Waals surface area (Å²) in [5.74, 6) is -3.89.